The van der Waals surface area contributed by atoms with Gasteiger partial charge in [0.1, 0.15) is 0 Å². The molecule has 1 aliphatic heterocycles. The van der Waals surface area contributed by atoms with Crippen molar-refractivity contribution in [3.63, 3.8) is 0 Å². The second-order valence-electron chi connectivity index (χ2n) is 7.27. The van der Waals surface area contributed by atoms with Gasteiger partial charge in [-0.1, -0.05) is 48.0 Å². The fourth-order valence-electron chi connectivity index (χ4n) is 3.53. The minimum absolute atomic E-state index is 0.0571. The van der Waals surface area contributed by atoms with Crippen LogP contribution in [0.15, 0.2) is 66.0 Å². The van der Waals surface area contributed by atoms with Crippen LogP contribution in [0.3, 0.4) is 0 Å². The third kappa shape index (κ3) is 4.64. The van der Waals surface area contributed by atoms with E-state index in [9.17, 15) is 19.2 Å². The number of hydrogen-bond acceptors (Lipinski definition) is 6. The Morgan fingerprint density at radius 2 is 1.84 bits per heavy atom. The molecule has 0 saturated carbocycles. The molecule has 162 valence electrons. The first-order valence-electron chi connectivity index (χ1n) is 9.87. The van der Waals surface area contributed by atoms with Crippen LogP contribution in [0.4, 0.5) is 5.69 Å². The van der Waals surface area contributed by atoms with Crippen LogP contribution in [-0.2, 0) is 14.3 Å². The Bertz CT molecular complexity index is 1180. The summed E-state index contributed by atoms with van der Waals surface area (Å²) in [4.78, 5) is 52.3. The number of anilines is 1. The van der Waals surface area contributed by atoms with Gasteiger partial charge in [-0.15, -0.1) is 11.3 Å². The first-order valence-corrected chi connectivity index (χ1v) is 11.1. The van der Waals surface area contributed by atoms with Crippen LogP contribution in [0.25, 0.3) is 0 Å². The molecule has 1 fully saturated rings. The van der Waals surface area contributed by atoms with Crippen LogP contribution in [0.5, 0.6) is 0 Å². The number of thiophene rings is 1. The molecule has 0 spiro atoms. The topological polar surface area (TPSA) is 80.8 Å². The van der Waals surface area contributed by atoms with Gasteiger partial charge >= 0.3 is 5.97 Å². The Labute approximate surface area is 193 Å². The van der Waals surface area contributed by atoms with Crippen molar-refractivity contribution in [2.24, 2.45) is 5.92 Å². The molecule has 32 heavy (non-hydrogen) atoms. The number of benzene rings is 2. The normalized spacial score (nSPS) is 15.6. The van der Waals surface area contributed by atoms with Gasteiger partial charge in [-0.2, -0.15) is 0 Å². The van der Waals surface area contributed by atoms with Crippen LogP contribution in [-0.4, -0.2) is 36.6 Å². The quantitative estimate of drug-likeness (QED) is 0.379. The molecular formula is C24H18ClNO5S. The predicted molar refractivity (Wildman–Crippen MR) is 121 cm³/mol. The second kappa shape index (κ2) is 9.46. The first kappa shape index (κ1) is 21.9. The van der Waals surface area contributed by atoms with Crippen molar-refractivity contribution in [3.8, 4) is 0 Å². The van der Waals surface area contributed by atoms with E-state index in [2.05, 4.69) is 0 Å². The molecule has 1 amide bonds. The molecule has 0 unspecified atom stereocenters. The molecule has 0 N–H and O–H groups in total. The highest BCUT2D eigenvalue weighted by Gasteiger charge is 2.38. The fraction of sp³-hybridized carbons (Fsp3) is 0.167. The van der Waals surface area contributed by atoms with Crippen LogP contribution in [0.1, 0.15) is 32.0 Å². The number of nitrogens with zero attached hydrogens (tertiary/aromatic N) is 1. The Hall–Kier alpha value is -3.29. The number of ketones is 2. The summed E-state index contributed by atoms with van der Waals surface area (Å²) in [5, 5.41) is 2.13. The second-order valence-corrected chi connectivity index (χ2v) is 8.65. The smallest absolute Gasteiger partial charge is 0.311 e. The highest BCUT2D eigenvalue weighted by molar-refractivity contribution is 7.12. The summed E-state index contributed by atoms with van der Waals surface area (Å²) in [7, 11) is 0. The van der Waals surface area contributed by atoms with Gasteiger partial charge in [0.05, 0.1) is 16.5 Å². The van der Waals surface area contributed by atoms with E-state index in [1.807, 2.05) is 0 Å². The van der Waals surface area contributed by atoms with Crippen LogP contribution in [0, 0.1) is 5.92 Å². The Morgan fingerprint density at radius 1 is 1.06 bits per heavy atom. The lowest BCUT2D eigenvalue weighted by Gasteiger charge is -2.20. The molecule has 3 aromatic rings. The van der Waals surface area contributed by atoms with E-state index >= 15 is 0 Å². The average Bonchev–Trinajstić information content (AvgIpc) is 3.47. The maximum atomic E-state index is 13.1. The standard InChI is InChI=1S/C24H18ClNO5S/c25-17-8-9-19(18(12-17)23(29)15-5-2-1-3-6-15)26-13-16(11-22(26)28)24(30)31-14-20(27)21-7-4-10-32-21/h1-10,12,16H,11,13-14H2/t16-/m0/s1. The van der Waals surface area contributed by atoms with Crippen molar-refractivity contribution >= 4 is 52.1 Å². The van der Waals surface area contributed by atoms with Gasteiger partial charge in [0.25, 0.3) is 0 Å². The van der Waals surface area contributed by atoms with Gasteiger partial charge in [-0.05, 0) is 29.6 Å². The summed E-state index contributed by atoms with van der Waals surface area (Å²) in [5.74, 6) is -2.21. The largest absolute Gasteiger partial charge is 0.457 e. The van der Waals surface area contributed by atoms with Gasteiger partial charge < -0.3 is 9.64 Å². The van der Waals surface area contributed by atoms with Gasteiger partial charge in [0.15, 0.2) is 12.4 Å². The summed E-state index contributed by atoms with van der Waals surface area (Å²) < 4.78 is 5.16. The Kier molecular flexibility index (Phi) is 6.48. The first-order chi connectivity index (χ1) is 15.4. The van der Waals surface area contributed by atoms with Crippen molar-refractivity contribution in [1.82, 2.24) is 0 Å². The lowest BCUT2D eigenvalue weighted by molar-refractivity contribution is -0.147. The molecule has 2 heterocycles. The molecule has 1 aromatic heterocycles. The van der Waals surface area contributed by atoms with Crippen molar-refractivity contribution in [1.29, 1.82) is 0 Å². The molecule has 1 atom stereocenters. The van der Waals surface area contributed by atoms with Crippen LogP contribution in [0.2, 0.25) is 5.02 Å². The number of halogens is 1. The predicted octanol–water partition coefficient (Wildman–Crippen LogP) is 4.41. The number of hydrogen-bond donors (Lipinski definition) is 0. The highest BCUT2D eigenvalue weighted by atomic mass is 35.5. The highest BCUT2D eigenvalue weighted by Crippen LogP contribution is 2.32. The van der Waals surface area contributed by atoms with E-state index in [1.54, 1.807) is 60.0 Å². The van der Waals surface area contributed by atoms with Crippen LogP contribution < -0.4 is 4.90 Å². The number of amides is 1. The number of ether oxygens (including phenoxy) is 1. The number of carbonyl (C=O) groups is 4. The maximum absolute atomic E-state index is 13.1. The fourth-order valence-corrected chi connectivity index (χ4v) is 4.36. The number of esters is 1. The third-order valence-corrected chi connectivity index (χ3v) is 6.28. The van der Waals surface area contributed by atoms with Gasteiger partial charge in [-0.3, -0.25) is 19.2 Å². The van der Waals surface area contributed by atoms with E-state index in [1.165, 1.54) is 22.3 Å². The lowest BCUT2D eigenvalue weighted by Crippen LogP contribution is -2.28. The molecule has 4 rings (SSSR count). The maximum Gasteiger partial charge on any atom is 0.311 e. The SMILES string of the molecule is O=C(COC(=O)[C@H]1CC(=O)N(c2ccc(Cl)cc2C(=O)c2ccccc2)C1)c1cccs1. The molecule has 1 saturated heterocycles. The summed E-state index contributed by atoms with van der Waals surface area (Å²) in [6.07, 6.45) is -0.0619. The van der Waals surface area contributed by atoms with E-state index < -0.39 is 11.9 Å². The van der Waals surface area contributed by atoms with E-state index in [-0.39, 0.29) is 42.6 Å². The summed E-state index contributed by atoms with van der Waals surface area (Å²) >= 11 is 7.39. The monoisotopic (exact) mass is 467 g/mol. The molecule has 0 aliphatic carbocycles. The minimum Gasteiger partial charge on any atom is -0.457 e. The third-order valence-electron chi connectivity index (χ3n) is 5.13. The summed E-state index contributed by atoms with van der Waals surface area (Å²) in [6, 6.07) is 16.8. The molecule has 8 heteroatoms. The van der Waals surface area contributed by atoms with Crippen molar-refractivity contribution < 1.29 is 23.9 Å². The summed E-state index contributed by atoms with van der Waals surface area (Å²) in [5.41, 5.74) is 1.13. The molecular weight excluding hydrogens is 450 g/mol. The molecule has 6 nitrogen and oxygen atoms in total. The zero-order valence-corrected chi connectivity index (χ0v) is 18.4. The number of Topliss-reactive ketones (excluding diaryl/α,β-unsaturated/α-hetero) is 1. The van der Waals surface area contributed by atoms with E-state index in [4.69, 9.17) is 16.3 Å². The van der Waals surface area contributed by atoms with Crippen molar-refractivity contribution in [2.75, 3.05) is 18.1 Å². The molecule has 2 aromatic carbocycles. The van der Waals surface area contributed by atoms with Crippen molar-refractivity contribution in [3.05, 3.63) is 87.1 Å². The number of rotatable bonds is 7. The van der Waals surface area contributed by atoms with Crippen molar-refractivity contribution in [2.45, 2.75) is 6.42 Å². The van der Waals surface area contributed by atoms with Gasteiger partial charge in [0.2, 0.25) is 11.7 Å². The Balaban J connectivity index is 1.50. The Morgan fingerprint density at radius 3 is 2.56 bits per heavy atom. The van der Waals surface area contributed by atoms with Gasteiger partial charge in [-0.25, -0.2) is 0 Å². The number of carbonyl (C=O) groups excluding carboxylic acids is 4. The molecule has 0 radical (unpaired) electrons. The summed E-state index contributed by atoms with van der Waals surface area (Å²) in [6.45, 7) is -0.315. The van der Waals surface area contributed by atoms with E-state index in [0.29, 0.717) is 21.2 Å². The minimum atomic E-state index is -0.728. The molecule has 0 bridgehead atoms. The van der Waals surface area contributed by atoms with Gasteiger partial charge in [0, 0.05) is 29.1 Å². The zero-order chi connectivity index (χ0) is 22.7. The molecule has 1 aliphatic rings. The lowest BCUT2D eigenvalue weighted by atomic mass is 10.0. The van der Waals surface area contributed by atoms with E-state index in [0.717, 1.165) is 0 Å². The zero-order valence-electron chi connectivity index (χ0n) is 16.8. The average molecular weight is 468 g/mol. The van der Waals surface area contributed by atoms with Crippen LogP contribution >= 0.6 is 22.9 Å².